The monoisotopic (exact) mass is 312 g/mol. The molecule has 4 N–H and O–H groups in total. The van der Waals surface area contributed by atoms with Crippen LogP contribution in [0.5, 0.6) is 5.75 Å². The molecule has 0 atom stereocenters. The second-order valence-electron chi connectivity index (χ2n) is 3.98. The van der Waals surface area contributed by atoms with Crippen LogP contribution in [0.2, 0.25) is 0 Å². The zero-order valence-corrected chi connectivity index (χ0v) is 11.8. The lowest BCUT2D eigenvalue weighted by Gasteiger charge is -2.10. The number of rotatable bonds is 5. The van der Waals surface area contributed by atoms with Gasteiger partial charge in [0.2, 0.25) is 0 Å². The predicted molar refractivity (Wildman–Crippen MR) is 75.8 cm³/mol. The van der Waals surface area contributed by atoms with Crippen LogP contribution in [0.3, 0.4) is 0 Å². The third-order valence-electron chi connectivity index (χ3n) is 2.60. The van der Waals surface area contributed by atoms with Gasteiger partial charge in [0.25, 0.3) is 10.0 Å². The average molecular weight is 312 g/mol. The fraction of sp³-hybridized carbons (Fsp3) is 0.0833. The van der Waals surface area contributed by atoms with Crippen LogP contribution in [-0.4, -0.2) is 20.5 Å². The quantitative estimate of drug-likeness (QED) is 0.568. The summed E-state index contributed by atoms with van der Waals surface area (Å²) in [4.78, 5) is 3.76. The van der Waals surface area contributed by atoms with Gasteiger partial charge in [0.15, 0.2) is 11.6 Å². The summed E-state index contributed by atoms with van der Waals surface area (Å²) in [6.07, 6.45) is 1.15. The van der Waals surface area contributed by atoms with E-state index in [9.17, 15) is 12.8 Å². The smallest absolute Gasteiger partial charge is 0.263 e. The molecule has 0 saturated carbocycles. The number of nitrogens with one attached hydrogen (secondary N) is 2. The molecule has 0 amide bonds. The number of nitrogens with two attached hydrogens (primary N) is 1. The zero-order valence-electron chi connectivity index (χ0n) is 11.0. The second-order valence-corrected chi connectivity index (χ2v) is 5.66. The molecule has 7 nitrogen and oxygen atoms in total. The van der Waals surface area contributed by atoms with Crippen LogP contribution in [0.25, 0.3) is 0 Å². The van der Waals surface area contributed by atoms with Crippen molar-refractivity contribution in [2.45, 2.75) is 4.90 Å². The van der Waals surface area contributed by atoms with E-state index in [1.165, 1.54) is 31.4 Å². The average Bonchev–Trinajstić information content (AvgIpc) is 2.49. The molecule has 0 fully saturated rings. The number of aromatic nitrogens is 1. The van der Waals surface area contributed by atoms with Crippen molar-refractivity contribution >= 4 is 21.5 Å². The maximum Gasteiger partial charge on any atom is 0.263 e. The lowest BCUT2D eigenvalue weighted by molar-refractivity contribution is 0.387. The molecular formula is C12H13FN4O3S. The van der Waals surface area contributed by atoms with Crippen molar-refractivity contribution < 1.29 is 17.5 Å². The number of methoxy groups -OCH3 is 1. The van der Waals surface area contributed by atoms with Crippen LogP contribution in [-0.2, 0) is 10.0 Å². The molecule has 1 aromatic carbocycles. The van der Waals surface area contributed by atoms with Gasteiger partial charge in [-0.1, -0.05) is 0 Å². The van der Waals surface area contributed by atoms with E-state index < -0.39 is 15.8 Å². The van der Waals surface area contributed by atoms with E-state index in [1.54, 1.807) is 0 Å². The number of ether oxygens (including phenoxy) is 1. The largest absolute Gasteiger partial charge is 0.494 e. The van der Waals surface area contributed by atoms with Crippen molar-refractivity contribution in [1.29, 1.82) is 0 Å². The van der Waals surface area contributed by atoms with Crippen molar-refractivity contribution in [2.24, 2.45) is 5.84 Å². The van der Waals surface area contributed by atoms with Crippen LogP contribution < -0.4 is 20.7 Å². The molecule has 0 unspecified atom stereocenters. The molecule has 0 aliphatic carbocycles. The first-order valence-electron chi connectivity index (χ1n) is 5.75. The lowest BCUT2D eigenvalue weighted by atomic mass is 10.3. The molecular weight excluding hydrogens is 299 g/mol. The van der Waals surface area contributed by atoms with Gasteiger partial charge in [-0.2, -0.15) is 0 Å². The molecule has 0 aliphatic rings. The molecule has 21 heavy (non-hydrogen) atoms. The highest BCUT2D eigenvalue weighted by Gasteiger charge is 2.15. The number of hydrazine groups is 1. The number of benzene rings is 1. The summed E-state index contributed by atoms with van der Waals surface area (Å²) < 4.78 is 44.7. The van der Waals surface area contributed by atoms with Crippen molar-refractivity contribution in [3.05, 3.63) is 42.3 Å². The fourth-order valence-electron chi connectivity index (χ4n) is 1.56. The number of nitrogens with zero attached hydrogens (tertiary/aromatic N) is 1. The van der Waals surface area contributed by atoms with Gasteiger partial charge < -0.3 is 10.2 Å². The molecule has 9 heteroatoms. The highest BCUT2D eigenvalue weighted by Crippen LogP contribution is 2.23. The van der Waals surface area contributed by atoms with Crippen molar-refractivity contribution in [3.8, 4) is 5.75 Å². The summed E-state index contributed by atoms with van der Waals surface area (Å²) in [5.74, 6) is 4.84. The number of nitrogen functional groups attached to an aromatic ring is 1. The van der Waals surface area contributed by atoms with Gasteiger partial charge in [0.05, 0.1) is 12.8 Å². The standard InChI is InChI=1S/C12H13FN4O3S/c1-20-11-6-8(2-4-10(11)13)17-21(18,19)9-3-5-12(16-14)15-7-9/h2-7,17H,14H2,1H3,(H,15,16). The molecule has 0 aliphatic heterocycles. The van der Waals surface area contributed by atoms with Crippen LogP contribution >= 0.6 is 0 Å². The highest BCUT2D eigenvalue weighted by atomic mass is 32.2. The summed E-state index contributed by atoms with van der Waals surface area (Å²) in [6.45, 7) is 0. The summed E-state index contributed by atoms with van der Waals surface area (Å²) in [5.41, 5.74) is 2.47. The summed E-state index contributed by atoms with van der Waals surface area (Å²) >= 11 is 0. The van der Waals surface area contributed by atoms with Crippen molar-refractivity contribution in [2.75, 3.05) is 17.3 Å². The maximum atomic E-state index is 13.3. The van der Waals surface area contributed by atoms with Crippen molar-refractivity contribution in [3.63, 3.8) is 0 Å². The minimum Gasteiger partial charge on any atom is -0.494 e. The SMILES string of the molecule is COc1cc(NS(=O)(=O)c2ccc(NN)nc2)ccc1F. The minimum absolute atomic E-state index is 0.0511. The summed E-state index contributed by atoms with van der Waals surface area (Å²) in [6, 6.07) is 6.40. The van der Waals surface area contributed by atoms with Crippen molar-refractivity contribution in [1.82, 2.24) is 4.98 Å². The molecule has 2 aromatic rings. The Morgan fingerprint density at radius 3 is 2.62 bits per heavy atom. The first-order valence-corrected chi connectivity index (χ1v) is 7.23. The highest BCUT2D eigenvalue weighted by molar-refractivity contribution is 7.92. The van der Waals surface area contributed by atoms with E-state index in [-0.39, 0.29) is 16.3 Å². The molecule has 1 heterocycles. The van der Waals surface area contributed by atoms with Crippen LogP contribution in [0.1, 0.15) is 0 Å². The predicted octanol–water partition coefficient (Wildman–Crippen LogP) is 1.32. The normalized spacial score (nSPS) is 11.0. The first-order chi connectivity index (χ1) is 9.96. The van der Waals surface area contributed by atoms with Gasteiger partial charge in [-0.3, -0.25) is 4.72 Å². The number of halogens is 1. The van der Waals surface area contributed by atoms with Gasteiger partial charge in [-0.25, -0.2) is 23.6 Å². The van der Waals surface area contributed by atoms with Gasteiger partial charge in [0, 0.05) is 12.3 Å². The Morgan fingerprint density at radius 1 is 1.29 bits per heavy atom. The molecule has 0 bridgehead atoms. The van der Waals surface area contributed by atoms with E-state index in [4.69, 9.17) is 10.6 Å². The maximum absolute atomic E-state index is 13.3. The van der Waals surface area contributed by atoms with E-state index in [0.29, 0.717) is 5.82 Å². The number of anilines is 2. The molecule has 0 spiro atoms. The molecule has 1 aromatic heterocycles. The number of hydrogen-bond acceptors (Lipinski definition) is 6. The van der Waals surface area contributed by atoms with Gasteiger partial charge in [-0.15, -0.1) is 0 Å². The van der Waals surface area contributed by atoms with E-state index in [2.05, 4.69) is 15.1 Å². The summed E-state index contributed by atoms with van der Waals surface area (Å²) in [7, 11) is -2.54. The molecule has 2 rings (SSSR count). The topological polar surface area (TPSA) is 106 Å². The Bertz CT molecular complexity index is 735. The van der Waals surface area contributed by atoms with E-state index in [0.717, 1.165) is 12.3 Å². The van der Waals surface area contributed by atoms with Crippen LogP contribution in [0.15, 0.2) is 41.4 Å². The Morgan fingerprint density at radius 2 is 2.05 bits per heavy atom. The van der Waals surface area contributed by atoms with E-state index in [1.807, 2.05) is 0 Å². The van der Waals surface area contributed by atoms with E-state index >= 15 is 0 Å². The van der Waals surface area contributed by atoms with Gasteiger partial charge in [0.1, 0.15) is 10.7 Å². The Labute approximate surface area is 121 Å². The summed E-state index contributed by atoms with van der Waals surface area (Å²) in [5, 5.41) is 0. The Balaban J connectivity index is 2.28. The number of pyridine rings is 1. The number of hydrogen-bond donors (Lipinski definition) is 3. The van der Waals surface area contributed by atoms with Crippen LogP contribution in [0, 0.1) is 5.82 Å². The van der Waals surface area contributed by atoms with Gasteiger partial charge >= 0.3 is 0 Å². The first kappa shape index (κ1) is 15.0. The third kappa shape index (κ3) is 3.38. The van der Waals surface area contributed by atoms with Crippen LogP contribution in [0.4, 0.5) is 15.9 Å². The molecule has 112 valence electrons. The van der Waals surface area contributed by atoms with Gasteiger partial charge in [-0.05, 0) is 24.3 Å². The zero-order chi connectivity index (χ0) is 15.5. The fourth-order valence-corrected chi connectivity index (χ4v) is 2.56. The third-order valence-corrected chi connectivity index (χ3v) is 3.96. The second kappa shape index (κ2) is 5.94. The lowest BCUT2D eigenvalue weighted by Crippen LogP contribution is -2.14. The Hall–Kier alpha value is -2.39. The minimum atomic E-state index is -3.84. The molecule has 0 saturated heterocycles. The number of sulfonamides is 1. The molecule has 0 radical (unpaired) electrons. The Kier molecular flexibility index (Phi) is 4.24.